The minimum atomic E-state index is -0.673. The first-order valence-corrected chi connectivity index (χ1v) is 10.4. The second-order valence-corrected chi connectivity index (χ2v) is 7.80. The van der Waals surface area contributed by atoms with Crippen LogP contribution in [0.25, 0.3) is 0 Å². The van der Waals surface area contributed by atoms with E-state index >= 15 is 0 Å². The van der Waals surface area contributed by atoms with E-state index in [2.05, 4.69) is 6.92 Å². The third-order valence-electron chi connectivity index (χ3n) is 5.25. The van der Waals surface area contributed by atoms with E-state index in [1.165, 1.54) is 0 Å². The standard InChI is InChI=1S/C25H32O4/c1-5-17-25(6-2,29-24(27)21-15-11-8-12-16-21)18-22(19(3)4)28-23(26)20-13-9-7-10-14-20/h7-16,19,22H,5-6,17-18H2,1-4H3. The van der Waals surface area contributed by atoms with Crippen LogP contribution in [0.5, 0.6) is 0 Å². The molecule has 0 radical (unpaired) electrons. The number of rotatable bonds is 10. The van der Waals surface area contributed by atoms with E-state index in [9.17, 15) is 9.59 Å². The molecule has 0 saturated carbocycles. The lowest BCUT2D eigenvalue weighted by atomic mass is 9.85. The molecule has 0 aliphatic carbocycles. The molecule has 2 atom stereocenters. The van der Waals surface area contributed by atoms with Crippen LogP contribution in [0.4, 0.5) is 0 Å². The Hall–Kier alpha value is -2.62. The molecule has 4 heteroatoms. The molecule has 0 aliphatic heterocycles. The first kappa shape index (κ1) is 22.7. The van der Waals surface area contributed by atoms with Crippen LogP contribution in [0.1, 0.15) is 74.1 Å². The van der Waals surface area contributed by atoms with Crippen molar-refractivity contribution in [2.75, 3.05) is 0 Å². The fraction of sp³-hybridized carbons (Fsp3) is 0.440. The largest absolute Gasteiger partial charge is 0.458 e. The number of ether oxygens (including phenoxy) is 2. The summed E-state index contributed by atoms with van der Waals surface area (Å²) in [7, 11) is 0. The molecule has 0 spiro atoms. The summed E-state index contributed by atoms with van der Waals surface area (Å²) in [5, 5.41) is 0. The normalized spacial score (nSPS) is 14.1. The van der Waals surface area contributed by atoms with Gasteiger partial charge >= 0.3 is 11.9 Å². The average molecular weight is 397 g/mol. The van der Waals surface area contributed by atoms with Gasteiger partial charge in [0, 0.05) is 6.42 Å². The van der Waals surface area contributed by atoms with Gasteiger partial charge in [0.2, 0.25) is 0 Å². The third kappa shape index (κ3) is 6.45. The monoisotopic (exact) mass is 396 g/mol. The van der Waals surface area contributed by atoms with Crippen molar-refractivity contribution < 1.29 is 19.1 Å². The Balaban J connectivity index is 2.20. The number of hydrogen-bond donors (Lipinski definition) is 0. The van der Waals surface area contributed by atoms with Crippen molar-refractivity contribution in [2.45, 2.75) is 65.1 Å². The smallest absolute Gasteiger partial charge is 0.338 e. The highest BCUT2D eigenvalue weighted by Gasteiger charge is 2.37. The Bertz CT molecular complexity index is 770. The SMILES string of the molecule is CCCC(CC)(CC(OC(=O)c1ccccc1)C(C)C)OC(=O)c1ccccc1. The molecular weight excluding hydrogens is 364 g/mol. The van der Waals surface area contributed by atoms with E-state index in [1.54, 1.807) is 24.3 Å². The number of carbonyl (C=O) groups excluding carboxylic acids is 2. The zero-order chi connectivity index (χ0) is 21.3. The molecule has 156 valence electrons. The number of carbonyl (C=O) groups is 2. The molecule has 0 bridgehead atoms. The maximum absolute atomic E-state index is 12.8. The molecule has 0 aromatic heterocycles. The highest BCUT2D eigenvalue weighted by atomic mass is 16.6. The van der Waals surface area contributed by atoms with E-state index in [0.29, 0.717) is 30.4 Å². The quantitative estimate of drug-likeness (QED) is 0.458. The van der Waals surface area contributed by atoms with Gasteiger partial charge in [-0.05, 0) is 43.0 Å². The molecule has 2 aromatic rings. The molecule has 0 amide bonds. The maximum Gasteiger partial charge on any atom is 0.338 e. The highest BCUT2D eigenvalue weighted by molar-refractivity contribution is 5.90. The molecule has 0 aliphatic rings. The van der Waals surface area contributed by atoms with Crippen molar-refractivity contribution >= 4 is 11.9 Å². The van der Waals surface area contributed by atoms with Gasteiger partial charge in [0.15, 0.2) is 0 Å². The van der Waals surface area contributed by atoms with Crippen molar-refractivity contribution in [1.82, 2.24) is 0 Å². The molecule has 2 rings (SSSR count). The summed E-state index contributed by atoms with van der Waals surface area (Å²) in [6, 6.07) is 18.0. The lowest BCUT2D eigenvalue weighted by Crippen LogP contribution is -2.41. The van der Waals surface area contributed by atoms with Crippen molar-refractivity contribution in [3.63, 3.8) is 0 Å². The van der Waals surface area contributed by atoms with E-state index < -0.39 is 5.60 Å². The Morgan fingerprint density at radius 3 is 1.83 bits per heavy atom. The predicted molar refractivity (Wildman–Crippen MR) is 115 cm³/mol. The van der Waals surface area contributed by atoms with E-state index in [0.717, 1.165) is 6.42 Å². The topological polar surface area (TPSA) is 52.6 Å². The van der Waals surface area contributed by atoms with Crippen LogP contribution in [0.2, 0.25) is 0 Å². The zero-order valence-electron chi connectivity index (χ0n) is 17.9. The van der Waals surface area contributed by atoms with Crippen LogP contribution in [0, 0.1) is 5.92 Å². The second-order valence-electron chi connectivity index (χ2n) is 7.80. The molecule has 2 aromatic carbocycles. The lowest BCUT2D eigenvalue weighted by molar-refractivity contribution is -0.0632. The van der Waals surface area contributed by atoms with E-state index in [1.807, 2.05) is 57.2 Å². The van der Waals surface area contributed by atoms with Crippen LogP contribution in [-0.4, -0.2) is 23.6 Å². The molecule has 0 saturated heterocycles. The van der Waals surface area contributed by atoms with Crippen LogP contribution >= 0.6 is 0 Å². The molecule has 0 N–H and O–H groups in total. The average Bonchev–Trinajstić information content (AvgIpc) is 2.74. The van der Waals surface area contributed by atoms with Crippen LogP contribution in [-0.2, 0) is 9.47 Å². The Labute approximate surface area is 174 Å². The van der Waals surface area contributed by atoms with Gasteiger partial charge in [0.1, 0.15) is 11.7 Å². The summed E-state index contributed by atoms with van der Waals surface area (Å²) in [5.74, 6) is -0.584. The fourth-order valence-corrected chi connectivity index (χ4v) is 3.43. The van der Waals surface area contributed by atoms with E-state index in [4.69, 9.17) is 9.47 Å². The first-order valence-electron chi connectivity index (χ1n) is 10.4. The molecule has 0 heterocycles. The summed E-state index contributed by atoms with van der Waals surface area (Å²) in [5.41, 5.74) is 0.383. The third-order valence-corrected chi connectivity index (χ3v) is 5.25. The zero-order valence-corrected chi connectivity index (χ0v) is 17.9. The Morgan fingerprint density at radius 1 is 0.862 bits per heavy atom. The molecule has 0 fully saturated rings. The summed E-state index contributed by atoms with van der Waals surface area (Å²) in [6.45, 7) is 8.13. The Morgan fingerprint density at radius 2 is 1.38 bits per heavy atom. The summed E-state index contributed by atoms with van der Waals surface area (Å²) < 4.78 is 11.9. The summed E-state index contributed by atoms with van der Waals surface area (Å²) in [6.07, 6.45) is 2.37. The van der Waals surface area contributed by atoms with Crippen LogP contribution in [0.15, 0.2) is 60.7 Å². The summed E-state index contributed by atoms with van der Waals surface area (Å²) in [4.78, 5) is 25.4. The van der Waals surface area contributed by atoms with Gasteiger partial charge in [-0.3, -0.25) is 0 Å². The fourth-order valence-electron chi connectivity index (χ4n) is 3.43. The van der Waals surface area contributed by atoms with Crippen molar-refractivity contribution in [3.8, 4) is 0 Å². The van der Waals surface area contributed by atoms with Gasteiger partial charge in [-0.2, -0.15) is 0 Å². The minimum Gasteiger partial charge on any atom is -0.458 e. The van der Waals surface area contributed by atoms with Gasteiger partial charge in [-0.15, -0.1) is 0 Å². The minimum absolute atomic E-state index is 0.0980. The van der Waals surface area contributed by atoms with Crippen LogP contribution in [0.3, 0.4) is 0 Å². The van der Waals surface area contributed by atoms with Gasteiger partial charge in [-0.1, -0.05) is 70.5 Å². The Kier molecular flexibility index (Phi) is 8.44. The second kappa shape index (κ2) is 10.8. The van der Waals surface area contributed by atoms with Gasteiger partial charge < -0.3 is 9.47 Å². The molecular formula is C25H32O4. The predicted octanol–water partition coefficient (Wildman–Crippen LogP) is 6.06. The number of benzene rings is 2. The highest BCUT2D eigenvalue weighted by Crippen LogP contribution is 2.33. The number of hydrogen-bond acceptors (Lipinski definition) is 4. The van der Waals surface area contributed by atoms with Gasteiger partial charge in [-0.25, -0.2) is 9.59 Å². The van der Waals surface area contributed by atoms with Crippen LogP contribution < -0.4 is 0 Å². The molecule has 4 nitrogen and oxygen atoms in total. The summed E-state index contributed by atoms with van der Waals surface area (Å²) >= 11 is 0. The van der Waals surface area contributed by atoms with Gasteiger partial charge in [0.25, 0.3) is 0 Å². The lowest BCUT2D eigenvalue weighted by Gasteiger charge is -2.36. The van der Waals surface area contributed by atoms with Crippen molar-refractivity contribution in [2.24, 2.45) is 5.92 Å². The first-order chi connectivity index (χ1) is 13.9. The number of esters is 2. The molecule has 29 heavy (non-hydrogen) atoms. The van der Waals surface area contributed by atoms with Crippen molar-refractivity contribution in [1.29, 1.82) is 0 Å². The van der Waals surface area contributed by atoms with Gasteiger partial charge in [0.05, 0.1) is 11.1 Å². The van der Waals surface area contributed by atoms with Crippen molar-refractivity contribution in [3.05, 3.63) is 71.8 Å². The van der Waals surface area contributed by atoms with E-state index in [-0.39, 0.29) is 24.0 Å². The maximum atomic E-state index is 12.8. The molecule has 2 unspecified atom stereocenters.